The Bertz CT molecular complexity index is 216. The van der Waals surface area contributed by atoms with Gasteiger partial charge in [-0.3, -0.25) is 0 Å². The average Bonchev–Trinajstić information content (AvgIpc) is 2.14. The van der Waals surface area contributed by atoms with Crippen LogP contribution in [0, 0.1) is 5.92 Å². The van der Waals surface area contributed by atoms with Crippen LogP contribution in [0.25, 0.3) is 0 Å². The van der Waals surface area contributed by atoms with Crippen molar-refractivity contribution in [3.05, 3.63) is 11.1 Å². The second kappa shape index (κ2) is 6.63. The summed E-state index contributed by atoms with van der Waals surface area (Å²) in [5.41, 5.74) is 1.47. The minimum absolute atomic E-state index is 0.125. The van der Waals surface area contributed by atoms with Crippen LogP contribution in [0.15, 0.2) is 11.1 Å². The second-order valence-corrected chi connectivity index (χ2v) is 3.88. The Labute approximate surface area is 87.0 Å². The summed E-state index contributed by atoms with van der Waals surface area (Å²) in [6, 6.07) is 0. The van der Waals surface area contributed by atoms with E-state index in [2.05, 4.69) is 6.92 Å². The minimum Gasteiger partial charge on any atom is -0.545 e. The van der Waals surface area contributed by atoms with Crippen molar-refractivity contribution in [1.82, 2.24) is 0 Å². The van der Waals surface area contributed by atoms with Gasteiger partial charge in [0.1, 0.15) is 0 Å². The Morgan fingerprint density at radius 2 is 1.93 bits per heavy atom. The van der Waals surface area contributed by atoms with Gasteiger partial charge in [-0.15, -0.1) is 0 Å². The Morgan fingerprint density at radius 3 is 2.29 bits per heavy atom. The molecule has 0 aliphatic rings. The zero-order valence-corrected chi connectivity index (χ0v) is 9.72. The second-order valence-electron chi connectivity index (χ2n) is 3.88. The molecular formula is C12H21O2-. The highest BCUT2D eigenvalue weighted by atomic mass is 16.4. The summed E-state index contributed by atoms with van der Waals surface area (Å²) in [6.07, 6.45) is 3.92. The maximum absolute atomic E-state index is 10.9. The number of carbonyl (C=O) groups is 1. The zero-order valence-electron chi connectivity index (χ0n) is 9.72. The quantitative estimate of drug-likeness (QED) is 0.613. The molecule has 0 radical (unpaired) electrons. The number of carboxylic acids is 1. The molecule has 0 saturated carbocycles. The molecule has 0 N–H and O–H groups in total. The van der Waals surface area contributed by atoms with Gasteiger partial charge in [-0.1, -0.05) is 39.2 Å². The molecule has 1 atom stereocenters. The number of hydrogen-bond donors (Lipinski definition) is 0. The lowest BCUT2D eigenvalue weighted by Gasteiger charge is -2.19. The number of unbranched alkanes of at least 4 members (excludes halogenated alkanes) is 1. The standard InChI is InChI=1S/C12H22O2/c1-5-7-8-10(4)11(12(13)14)9(3)6-2/h10H,5-8H2,1-4H3,(H,13,14)/p-1. The maximum atomic E-state index is 10.9. The molecule has 0 saturated heterocycles. The average molecular weight is 197 g/mol. The van der Waals surface area contributed by atoms with Crippen LogP contribution in [0.5, 0.6) is 0 Å². The number of carbonyl (C=O) groups excluding carboxylic acids is 1. The van der Waals surface area contributed by atoms with Crippen LogP contribution in [-0.4, -0.2) is 5.97 Å². The third-order valence-electron chi connectivity index (χ3n) is 2.69. The first-order chi connectivity index (χ1) is 6.54. The van der Waals surface area contributed by atoms with Crippen molar-refractivity contribution in [2.75, 3.05) is 0 Å². The molecule has 0 rings (SSSR count). The molecule has 0 bridgehead atoms. The van der Waals surface area contributed by atoms with Crippen molar-refractivity contribution in [2.24, 2.45) is 5.92 Å². The van der Waals surface area contributed by atoms with Crippen molar-refractivity contribution < 1.29 is 9.90 Å². The molecule has 2 nitrogen and oxygen atoms in total. The Kier molecular flexibility index (Phi) is 6.26. The van der Waals surface area contributed by atoms with Crippen molar-refractivity contribution in [3.8, 4) is 0 Å². The first-order valence-electron chi connectivity index (χ1n) is 5.45. The minimum atomic E-state index is -0.993. The summed E-state index contributed by atoms with van der Waals surface area (Å²) < 4.78 is 0. The molecule has 0 aliphatic carbocycles. The van der Waals surface area contributed by atoms with E-state index in [0.29, 0.717) is 5.57 Å². The molecule has 0 aromatic rings. The summed E-state index contributed by atoms with van der Waals surface area (Å²) in [4.78, 5) is 10.9. The van der Waals surface area contributed by atoms with Gasteiger partial charge in [0.05, 0.1) is 5.97 Å². The van der Waals surface area contributed by atoms with Crippen LogP contribution >= 0.6 is 0 Å². The van der Waals surface area contributed by atoms with Crippen LogP contribution in [0.4, 0.5) is 0 Å². The van der Waals surface area contributed by atoms with E-state index in [1.807, 2.05) is 20.8 Å². The van der Waals surface area contributed by atoms with Gasteiger partial charge >= 0.3 is 0 Å². The van der Waals surface area contributed by atoms with E-state index in [1.165, 1.54) is 0 Å². The lowest BCUT2D eigenvalue weighted by Crippen LogP contribution is -2.28. The maximum Gasteiger partial charge on any atom is 0.0677 e. The van der Waals surface area contributed by atoms with Crippen LogP contribution < -0.4 is 5.11 Å². The molecule has 1 unspecified atom stereocenters. The van der Waals surface area contributed by atoms with E-state index in [4.69, 9.17) is 0 Å². The van der Waals surface area contributed by atoms with E-state index in [-0.39, 0.29) is 5.92 Å². The Hall–Kier alpha value is -0.790. The number of aliphatic carboxylic acids is 1. The molecule has 2 heteroatoms. The number of allylic oxidation sites excluding steroid dienone is 1. The fourth-order valence-corrected chi connectivity index (χ4v) is 1.64. The Balaban J connectivity index is 4.58. The predicted molar refractivity (Wildman–Crippen MR) is 56.7 cm³/mol. The van der Waals surface area contributed by atoms with E-state index >= 15 is 0 Å². The SMILES string of the molecule is CCCCC(C)C(C(=O)[O-])=C(C)CC. The third kappa shape index (κ3) is 3.95. The summed E-state index contributed by atoms with van der Waals surface area (Å²) in [7, 11) is 0. The van der Waals surface area contributed by atoms with E-state index < -0.39 is 5.97 Å². The molecule has 0 aliphatic heterocycles. The van der Waals surface area contributed by atoms with Crippen molar-refractivity contribution in [3.63, 3.8) is 0 Å². The van der Waals surface area contributed by atoms with Gasteiger partial charge in [0.2, 0.25) is 0 Å². The first kappa shape index (κ1) is 13.2. The Morgan fingerprint density at radius 1 is 1.36 bits per heavy atom. The van der Waals surface area contributed by atoms with Crippen molar-refractivity contribution >= 4 is 5.97 Å². The van der Waals surface area contributed by atoms with Crippen LogP contribution in [0.3, 0.4) is 0 Å². The molecule has 0 aromatic carbocycles. The molecule has 0 heterocycles. The van der Waals surface area contributed by atoms with Gasteiger partial charge in [-0.25, -0.2) is 0 Å². The van der Waals surface area contributed by atoms with Gasteiger partial charge in [0, 0.05) is 0 Å². The lowest BCUT2D eigenvalue weighted by atomic mass is 9.91. The number of rotatable bonds is 6. The first-order valence-corrected chi connectivity index (χ1v) is 5.45. The van der Waals surface area contributed by atoms with Crippen molar-refractivity contribution in [2.45, 2.75) is 53.4 Å². The number of hydrogen-bond acceptors (Lipinski definition) is 2. The van der Waals surface area contributed by atoms with Gasteiger partial charge in [0.15, 0.2) is 0 Å². The molecule has 0 aromatic heterocycles. The summed E-state index contributed by atoms with van der Waals surface area (Å²) in [5, 5.41) is 10.9. The van der Waals surface area contributed by atoms with Crippen LogP contribution in [0.1, 0.15) is 53.4 Å². The van der Waals surface area contributed by atoms with Crippen LogP contribution in [0.2, 0.25) is 0 Å². The highest BCUT2D eigenvalue weighted by Gasteiger charge is 2.11. The monoisotopic (exact) mass is 197 g/mol. The van der Waals surface area contributed by atoms with Gasteiger partial charge < -0.3 is 9.90 Å². The summed E-state index contributed by atoms with van der Waals surface area (Å²) in [5.74, 6) is -0.868. The molecule has 0 amide bonds. The van der Waals surface area contributed by atoms with Gasteiger partial charge in [-0.05, 0) is 31.3 Å². The van der Waals surface area contributed by atoms with E-state index in [0.717, 1.165) is 31.3 Å². The third-order valence-corrected chi connectivity index (χ3v) is 2.69. The fourth-order valence-electron chi connectivity index (χ4n) is 1.64. The largest absolute Gasteiger partial charge is 0.545 e. The van der Waals surface area contributed by atoms with E-state index in [1.54, 1.807) is 0 Å². The highest BCUT2D eigenvalue weighted by molar-refractivity contribution is 5.86. The number of carboxylic acid groups (broad SMARTS) is 1. The van der Waals surface area contributed by atoms with E-state index in [9.17, 15) is 9.90 Å². The molecule has 0 spiro atoms. The summed E-state index contributed by atoms with van der Waals surface area (Å²) >= 11 is 0. The lowest BCUT2D eigenvalue weighted by molar-refractivity contribution is -0.300. The van der Waals surface area contributed by atoms with Gasteiger partial charge in [0.25, 0.3) is 0 Å². The van der Waals surface area contributed by atoms with Crippen LogP contribution in [-0.2, 0) is 4.79 Å². The molecular weight excluding hydrogens is 176 g/mol. The normalized spacial score (nSPS) is 14.9. The molecule has 14 heavy (non-hydrogen) atoms. The topological polar surface area (TPSA) is 40.1 Å². The molecule has 0 fully saturated rings. The predicted octanol–water partition coefficient (Wildman–Crippen LogP) is 2.29. The highest BCUT2D eigenvalue weighted by Crippen LogP contribution is 2.21. The smallest absolute Gasteiger partial charge is 0.0677 e. The fraction of sp³-hybridized carbons (Fsp3) is 0.750. The zero-order chi connectivity index (χ0) is 11.1. The van der Waals surface area contributed by atoms with Crippen molar-refractivity contribution in [1.29, 1.82) is 0 Å². The van der Waals surface area contributed by atoms with Gasteiger partial charge in [-0.2, -0.15) is 0 Å². The summed E-state index contributed by atoms with van der Waals surface area (Å²) in [6.45, 7) is 7.94. The molecule has 82 valence electrons.